The third kappa shape index (κ3) is 17.5. The Morgan fingerprint density at radius 1 is 0.254 bits per heavy atom. The minimum atomic E-state index is 0.0340. The van der Waals surface area contributed by atoms with Crippen molar-refractivity contribution < 1.29 is 43.4 Å². The molecule has 15 nitrogen and oxygen atoms in total. The van der Waals surface area contributed by atoms with Gasteiger partial charge in [0.2, 0.25) is 0 Å². The number of aliphatic hydroxyl groups excluding tert-OH is 2. The molecular weight excluding hydrogens is 853 g/mol. The normalized spacial score (nSPS) is 10.8. The lowest BCUT2D eigenvalue weighted by Gasteiger charge is -2.16. The molecule has 0 aliphatic carbocycles. The molecule has 0 saturated carbocycles. The van der Waals surface area contributed by atoms with Crippen molar-refractivity contribution >= 4 is 34.1 Å². The maximum atomic E-state index is 9.21. The largest absolute Gasteiger partial charge is 0.453 e. The van der Waals surface area contributed by atoms with Gasteiger partial charge in [0.05, 0.1) is 100 Å². The zero-order valence-electron chi connectivity index (χ0n) is 37.9. The first-order valence-corrected chi connectivity index (χ1v) is 22.8. The molecule has 6 aromatic rings. The first-order valence-electron chi connectivity index (χ1n) is 22.8. The number of aliphatic hydroxyl groups is 2. The van der Waals surface area contributed by atoms with E-state index in [-0.39, 0.29) is 13.2 Å². The Morgan fingerprint density at radius 3 is 0.657 bits per heavy atom. The van der Waals surface area contributed by atoms with Gasteiger partial charge in [-0.1, -0.05) is 72.8 Å². The molecule has 0 aromatic heterocycles. The van der Waals surface area contributed by atoms with E-state index in [0.717, 1.165) is 34.1 Å². The molecule has 8 N–H and O–H groups in total. The van der Waals surface area contributed by atoms with Crippen LogP contribution in [0.3, 0.4) is 0 Å². The third-order valence-electron chi connectivity index (χ3n) is 9.83. The SMILES string of the molecule is OCCNc1ccccc1Oc1ccccc1NCCOCCOCCNc1ccccc1Oc1ccccc1NCCOCCOCCNc1ccccc1Oc1ccccc1NCCO. The van der Waals surface area contributed by atoms with Gasteiger partial charge in [-0.05, 0) is 72.8 Å². The summed E-state index contributed by atoms with van der Waals surface area (Å²) >= 11 is 0. The second-order valence-corrected chi connectivity index (χ2v) is 14.7. The number of rotatable bonds is 34. The minimum Gasteiger partial charge on any atom is -0.453 e. The van der Waals surface area contributed by atoms with Crippen molar-refractivity contribution in [1.29, 1.82) is 0 Å². The summed E-state index contributed by atoms with van der Waals surface area (Å²) in [5.74, 6) is 4.17. The van der Waals surface area contributed by atoms with Gasteiger partial charge in [0, 0.05) is 39.3 Å². The zero-order valence-corrected chi connectivity index (χ0v) is 37.9. The number of benzene rings is 6. The van der Waals surface area contributed by atoms with Gasteiger partial charge >= 0.3 is 0 Å². The Labute approximate surface area is 393 Å². The molecule has 0 bridgehead atoms. The van der Waals surface area contributed by atoms with Gasteiger partial charge in [-0.3, -0.25) is 0 Å². The van der Waals surface area contributed by atoms with Crippen LogP contribution < -0.4 is 46.1 Å². The molecule has 6 aromatic carbocycles. The van der Waals surface area contributed by atoms with Crippen LogP contribution in [0.4, 0.5) is 34.1 Å². The summed E-state index contributed by atoms with van der Waals surface area (Å²) in [7, 11) is 0. The fraction of sp³-hybridized carbons (Fsp3) is 0.308. The van der Waals surface area contributed by atoms with Crippen molar-refractivity contribution in [1.82, 2.24) is 0 Å². The van der Waals surface area contributed by atoms with Crippen LogP contribution in [-0.2, 0) is 18.9 Å². The predicted octanol–water partition coefficient (Wildman–Crippen LogP) is 8.99. The lowest BCUT2D eigenvalue weighted by molar-refractivity contribution is 0.0557. The van der Waals surface area contributed by atoms with Crippen molar-refractivity contribution in [3.8, 4) is 34.5 Å². The van der Waals surface area contributed by atoms with Crippen molar-refractivity contribution in [3.63, 3.8) is 0 Å². The highest BCUT2D eigenvalue weighted by atomic mass is 16.5. The fourth-order valence-electron chi connectivity index (χ4n) is 6.62. The Bertz CT molecular complexity index is 2150. The first-order chi connectivity index (χ1) is 33.2. The standard InChI is InChI=1S/C52H64N6O9/c59-31-25-53-41-13-1-7-19-47(41)65-49-21-9-3-15-43(49)55-27-33-61-37-39-63-35-29-57-45-17-5-11-23-51(45)67-52-24-12-6-18-46(52)58-30-36-64-40-38-62-34-28-56-44-16-4-10-22-50(44)66-48-20-8-2-14-42(48)54-26-32-60/h1-24,53-60H,25-40H2. The number of hydrogen-bond donors (Lipinski definition) is 8. The van der Waals surface area contributed by atoms with Crippen molar-refractivity contribution in [3.05, 3.63) is 146 Å². The van der Waals surface area contributed by atoms with Gasteiger partial charge in [0.25, 0.3) is 0 Å². The summed E-state index contributed by atoms with van der Waals surface area (Å²) in [5.41, 5.74) is 5.07. The second kappa shape index (κ2) is 29.7. The van der Waals surface area contributed by atoms with Crippen LogP contribution in [0, 0.1) is 0 Å². The third-order valence-corrected chi connectivity index (χ3v) is 9.83. The fourth-order valence-corrected chi connectivity index (χ4v) is 6.62. The molecule has 6 rings (SSSR count). The van der Waals surface area contributed by atoms with E-state index in [0.29, 0.717) is 127 Å². The Kier molecular flexibility index (Phi) is 22.1. The number of nitrogens with one attached hydrogen (secondary N) is 6. The predicted molar refractivity (Wildman–Crippen MR) is 267 cm³/mol. The highest BCUT2D eigenvalue weighted by Gasteiger charge is 2.11. The van der Waals surface area contributed by atoms with Crippen LogP contribution in [0.25, 0.3) is 0 Å². The van der Waals surface area contributed by atoms with Crippen molar-refractivity contribution in [2.24, 2.45) is 0 Å². The van der Waals surface area contributed by atoms with E-state index in [1.54, 1.807) is 0 Å². The van der Waals surface area contributed by atoms with Gasteiger partial charge in [-0.15, -0.1) is 0 Å². The summed E-state index contributed by atoms with van der Waals surface area (Å²) in [6.45, 7) is 7.24. The maximum absolute atomic E-state index is 9.21. The van der Waals surface area contributed by atoms with E-state index < -0.39 is 0 Å². The van der Waals surface area contributed by atoms with E-state index in [2.05, 4.69) is 31.9 Å². The Morgan fingerprint density at radius 2 is 0.448 bits per heavy atom. The summed E-state index contributed by atoms with van der Waals surface area (Å²) in [4.78, 5) is 0. The molecule has 0 saturated heterocycles. The molecule has 0 radical (unpaired) electrons. The molecule has 0 aliphatic rings. The van der Waals surface area contributed by atoms with Gasteiger partial charge < -0.3 is 75.3 Å². The summed E-state index contributed by atoms with van der Waals surface area (Å²) in [6, 6.07) is 46.5. The smallest absolute Gasteiger partial charge is 0.150 e. The quantitative estimate of drug-likeness (QED) is 0.0180. The molecular formula is C52H64N6O9. The van der Waals surface area contributed by atoms with Gasteiger partial charge in [-0.25, -0.2) is 0 Å². The summed E-state index contributed by atoms with van der Waals surface area (Å²) < 4.78 is 42.1. The molecule has 15 heteroatoms. The van der Waals surface area contributed by atoms with Crippen LogP contribution in [0.1, 0.15) is 0 Å². The van der Waals surface area contributed by atoms with E-state index in [1.807, 2.05) is 146 Å². The van der Waals surface area contributed by atoms with Crippen LogP contribution in [0.15, 0.2) is 146 Å². The molecule has 67 heavy (non-hydrogen) atoms. The molecule has 0 aliphatic heterocycles. The van der Waals surface area contributed by atoms with Crippen LogP contribution in [-0.4, -0.2) is 116 Å². The van der Waals surface area contributed by atoms with Gasteiger partial charge in [-0.2, -0.15) is 0 Å². The van der Waals surface area contributed by atoms with Crippen LogP contribution >= 0.6 is 0 Å². The van der Waals surface area contributed by atoms with Crippen LogP contribution in [0.2, 0.25) is 0 Å². The monoisotopic (exact) mass is 916 g/mol. The number of anilines is 6. The lowest BCUT2D eigenvalue weighted by Crippen LogP contribution is -2.15. The number of ether oxygens (including phenoxy) is 7. The van der Waals surface area contributed by atoms with E-state index in [9.17, 15) is 10.2 Å². The average molecular weight is 917 g/mol. The van der Waals surface area contributed by atoms with E-state index in [4.69, 9.17) is 33.2 Å². The molecule has 356 valence electrons. The highest BCUT2D eigenvalue weighted by molar-refractivity contribution is 5.65. The van der Waals surface area contributed by atoms with E-state index in [1.165, 1.54) is 0 Å². The van der Waals surface area contributed by atoms with Crippen LogP contribution in [0.5, 0.6) is 34.5 Å². The average Bonchev–Trinajstić information content (AvgIpc) is 3.36. The molecule has 0 amide bonds. The lowest BCUT2D eigenvalue weighted by atomic mass is 10.2. The van der Waals surface area contributed by atoms with Crippen molar-refractivity contribution in [2.75, 3.05) is 137 Å². The number of hydrogen-bond acceptors (Lipinski definition) is 15. The molecule has 0 spiro atoms. The highest BCUT2D eigenvalue weighted by Crippen LogP contribution is 2.36. The van der Waals surface area contributed by atoms with E-state index >= 15 is 0 Å². The maximum Gasteiger partial charge on any atom is 0.150 e. The van der Waals surface area contributed by atoms with Crippen molar-refractivity contribution in [2.45, 2.75) is 0 Å². The topological polar surface area (TPSA) is 177 Å². The second-order valence-electron chi connectivity index (χ2n) is 14.7. The summed E-state index contributed by atoms with van der Waals surface area (Å²) in [5, 5.41) is 38.4. The summed E-state index contributed by atoms with van der Waals surface area (Å²) in [6.07, 6.45) is 0. The Balaban J connectivity index is 0.811. The van der Waals surface area contributed by atoms with Gasteiger partial charge in [0.1, 0.15) is 0 Å². The van der Waals surface area contributed by atoms with Gasteiger partial charge in [0.15, 0.2) is 34.5 Å². The molecule has 0 heterocycles. The molecule has 0 unspecified atom stereocenters. The minimum absolute atomic E-state index is 0.0340. The first kappa shape index (κ1) is 49.7. The number of para-hydroxylation sites is 12. The molecule has 0 atom stereocenters. The zero-order chi connectivity index (χ0) is 46.4. The molecule has 0 fully saturated rings. The Hall–Kier alpha value is -6.72.